The third-order valence-electron chi connectivity index (χ3n) is 6.30. The van der Waals surface area contributed by atoms with Crippen LogP contribution in [-0.2, 0) is 10.3 Å². The fraction of sp³-hybridized carbons (Fsp3) is 0.381. The van der Waals surface area contributed by atoms with Gasteiger partial charge < -0.3 is 15.6 Å². The third kappa shape index (κ3) is 2.48. The molecule has 8 heteroatoms. The minimum absolute atomic E-state index is 0.144. The number of hydrogen-bond donors (Lipinski definition) is 2. The third-order valence-corrected chi connectivity index (χ3v) is 6.30. The molecule has 2 aliphatic heterocycles. The average molecular weight is 396 g/mol. The summed E-state index contributed by atoms with van der Waals surface area (Å²) < 4.78 is 20.5. The van der Waals surface area contributed by atoms with E-state index >= 15 is 0 Å². The number of aliphatic imine (C=N–C) groups is 1. The van der Waals surface area contributed by atoms with E-state index in [0.29, 0.717) is 41.7 Å². The molecule has 1 fully saturated rings. The number of pyridine rings is 1. The highest BCUT2D eigenvalue weighted by Gasteiger charge is 2.60. The lowest BCUT2D eigenvalue weighted by molar-refractivity contribution is -0.138. The highest BCUT2D eigenvalue weighted by molar-refractivity contribution is 6.07. The van der Waals surface area contributed by atoms with Gasteiger partial charge in [0.15, 0.2) is 11.5 Å². The van der Waals surface area contributed by atoms with Crippen LogP contribution in [0.1, 0.15) is 24.8 Å². The van der Waals surface area contributed by atoms with Crippen LogP contribution < -0.4 is 10.5 Å². The molecule has 1 spiro atoms. The molecule has 1 amide bonds. The Kier molecular flexibility index (Phi) is 3.89. The number of ether oxygens (including phenoxy) is 1. The predicted molar refractivity (Wildman–Crippen MR) is 103 cm³/mol. The minimum atomic E-state index is -1.23. The Morgan fingerprint density at radius 3 is 2.90 bits per heavy atom. The van der Waals surface area contributed by atoms with Gasteiger partial charge in [0, 0.05) is 36.7 Å². The molecule has 7 nitrogen and oxygen atoms in total. The van der Waals surface area contributed by atoms with E-state index in [9.17, 15) is 14.3 Å². The number of fused-ring (bicyclic) bond motifs is 4. The first-order valence-electron chi connectivity index (χ1n) is 9.65. The highest BCUT2D eigenvalue weighted by Crippen LogP contribution is 2.53. The maximum absolute atomic E-state index is 14.3. The van der Waals surface area contributed by atoms with Crippen LogP contribution in [0.3, 0.4) is 0 Å². The van der Waals surface area contributed by atoms with E-state index in [2.05, 4.69) is 9.98 Å². The van der Waals surface area contributed by atoms with Crippen molar-refractivity contribution >= 4 is 11.9 Å². The first kappa shape index (κ1) is 18.1. The zero-order valence-corrected chi connectivity index (χ0v) is 15.9. The Bertz CT molecular complexity index is 1040. The maximum Gasteiger partial charge on any atom is 0.262 e. The Morgan fingerprint density at radius 1 is 1.34 bits per heavy atom. The van der Waals surface area contributed by atoms with Crippen molar-refractivity contribution in [2.24, 2.45) is 16.6 Å². The summed E-state index contributed by atoms with van der Waals surface area (Å²) in [6.45, 7) is 0. The topological polar surface area (TPSA) is 101 Å². The van der Waals surface area contributed by atoms with Gasteiger partial charge in [0.25, 0.3) is 5.91 Å². The number of aliphatic hydroxyl groups is 1. The van der Waals surface area contributed by atoms with Crippen molar-refractivity contribution in [2.45, 2.75) is 37.0 Å². The standard InChI is InChI=1S/C21H21FN4O3/c1-26-19(28)21(25-20(26)23)14-6-5-12(27)10-17(14)29-16-7-4-11(9-15(16)21)13-3-2-8-24-18(13)22/h2-4,7-9,12,14,17,27H,5-6,10H2,1H3,(H2,23,25)/t12?,14-,17-,21?/m0/s1. The van der Waals surface area contributed by atoms with Crippen molar-refractivity contribution in [3.05, 3.63) is 48.0 Å². The number of aliphatic hydroxyl groups excluding tert-OH is 1. The average Bonchev–Trinajstić information content (AvgIpc) is 2.93. The molecule has 0 radical (unpaired) electrons. The van der Waals surface area contributed by atoms with Crippen LogP contribution in [0.2, 0.25) is 0 Å². The van der Waals surface area contributed by atoms with E-state index in [1.165, 1.54) is 11.1 Å². The Morgan fingerprint density at radius 2 is 2.17 bits per heavy atom. The molecule has 3 aliphatic rings. The number of hydrogen-bond acceptors (Lipinski definition) is 6. The van der Waals surface area contributed by atoms with Crippen molar-refractivity contribution in [3.63, 3.8) is 0 Å². The van der Waals surface area contributed by atoms with Gasteiger partial charge in [0.1, 0.15) is 11.9 Å². The summed E-state index contributed by atoms with van der Waals surface area (Å²) >= 11 is 0. The van der Waals surface area contributed by atoms with Crippen molar-refractivity contribution < 1.29 is 19.0 Å². The van der Waals surface area contributed by atoms with Gasteiger partial charge in [-0.3, -0.25) is 9.69 Å². The Labute approximate surface area is 167 Å². The van der Waals surface area contributed by atoms with Gasteiger partial charge in [-0.15, -0.1) is 0 Å². The number of benzene rings is 1. The second kappa shape index (κ2) is 6.25. The van der Waals surface area contributed by atoms with Crippen molar-refractivity contribution in [1.82, 2.24) is 9.88 Å². The summed E-state index contributed by atoms with van der Waals surface area (Å²) in [7, 11) is 1.60. The smallest absolute Gasteiger partial charge is 0.262 e. The number of nitrogens with zero attached hydrogens (tertiary/aromatic N) is 3. The molecule has 150 valence electrons. The molecule has 1 aromatic heterocycles. The monoisotopic (exact) mass is 396 g/mol. The van der Waals surface area contributed by atoms with Gasteiger partial charge in [-0.2, -0.15) is 4.39 Å². The molecule has 1 aromatic carbocycles. The molecule has 29 heavy (non-hydrogen) atoms. The van der Waals surface area contributed by atoms with Crippen LogP contribution in [0.5, 0.6) is 5.75 Å². The molecule has 1 aliphatic carbocycles. The van der Waals surface area contributed by atoms with Crippen LogP contribution in [0, 0.1) is 11.9 Å². The number of guanidine groups is 1. The van der Waals surface area contributed by atoms with Crippen molar-refractivity contribution in [3.8, 4) is 16.9 Å². The number of amides is 1. The summed E-state index contributed by atoms with van der Waals surface area (Å²) in [5.74, 6) is -0.424. The second-order valence-corrected chi connectivity index (χ2v) is 7.88. The largest absolute Gasteiger partial charge is 0.490 e. The number of halogens is 1. The van der Waals surface area contributed by atoms with Gasteiger partial charge >= 0.3 is 0 Å². The summed E-state index contributed by atoms with van der Waals surface area (Å²) in [4.78, 5) is 23.2. The normalized spacial score (nSPS) is 30.6. The van der Waals surface area contributed by atoms with Crippen LogP contribution >= 0.6 is 0 Å². The fourth-order valence-corrected chi connectivity index (χ4v) is 4.86. The molecule has 2 unspecified atom stereocenters. The zero-order valence-electron chi connectivity index (χ0n) is 15.9. The van der Waals surface area contributed by atoms with E-state index in [4.69, 9.17) is 10.5 Å². The van der Waals surface area contributed by atoms with E-state index in [-0.39, 0.29) is 23.9 Å². The van der Waals surface area contributed by atoms with Crippen molar-refractivity contribution in [1.29, 1.82) is 0 Å². The number of nitrogens with two attached hydrogens (primary N) is 1. The van der Waals surface area contributed by atoms with Gasteiger partial charge in [-0.25, -0.2) is 9.98 Å². The number of aromatic nitrogens is 1. The fourth-order valence-electron chi connectivity index (χ4n) is 4.86. The summed E-state index contributed by atoms with van der Waals surface area (Å²) in [6.07, 6.45) is 2.13. The molecule has 3 heterocycles. The number of likely N-dealkylation sites (N-methyl/N-ethyl adjacent to an activating group) is 1. The maximum atomic E-state index is 14.3. The number of rotatable bonds is 1. The molecule has 1 saturated carbocycles. The van der Waals surface area contributed by atoms with Gasteiger partial charge in [-0.1, -0.05) is 6.07 Å². The van der Waals surface area contributed by atoms with E-state index < -0.39 is 17.6 Å². The quantitative estimate of drug-likeness (QED) is 0.716. The van der Waals surface area contributed by atoms with Gasteiger partial charge in [0.2, 0.25) is 5.95 Å². The zero-order chi connectivity index (χ0) is 20.3. The van der Waals surface area contributed by atoms with Crippen LogP contribution in [0.25, 0.3) is 11.1 Å². The molecule has 4 atom stereocenters. The molecule has 5 rings (SSSR count). The number of carbonyl (C=O) groups is 1. The molecular formula is C21H21FN4O3. The first-order chi connectivity index (χ1) is 13.9. The lowest BCUT2D eigenvalue weighted by Gasteiger charge is -2.46. The summed E-state index contributed by atoms with van der Waals surface area (Å²) in [5, 5.41) is 10.1. The molecule has 3 N–H and O–H groups in total. The van der Waals surface area contributed by atoms with E-state index in [1.54, 1.807) is 37.4 Å². The SMILES string of the molecule is CN1C(=O)C2(N=C1N)c1cc(-c3cccnc3F)ccc1O[C@H]1CC(O)CC[C@@H]12. The second-order valence-electron chi connectivity index (χ2n) is 7.88. The lowest BCUT2D eigenvalue weighted by atomic mass is 9.67. The summed E-state index contributed by atoms with van der Waals surface area (Å²) in [6, 6.07) is 8.52. The predicted octanol–water partition coefficient (Wildman–Crippen LogP) is 1.79. The number of carbonyl (C=O) groups excluding carboxylic acids is 1. The molecular weight excluding hydrogens is 375 g/mol. The Balaban J connectivity index is 1.73. The van der Waals surface area contributed by atoms with E-state index in [0.717, 1.165) is 0 Å². The van der Waals surface area contributed by atoms with Crippen LogP contribution in [-0.4, -0.2) is 46.1 Å². The first-order valence-corrected chi connectivity index (χ1v) is 9.65. The highest BCUT2D eigenvalue weighted by atomic mass is 19.1. The van der Waals surface area contributed by atoms with E-state index in [1.807, 2.05) is 0 Å². The van der Waals surface area contributed by atoms with Crippen LogP contribution in [0.15, 0.2) is 41.5 Å². The van der Waals surface area contributed by atoms with Crippen LogP contribution in [0.4, 0.5) is 4.39 Å². The van der Waals surface area contributed by atoms with Crippen molar-refractivity contribution in [2.75, 3.05) is 7.05 Å². The van der Waals surface area contributed by atoms with Gasteiger partial charge in [0.05, 0.1) is 6.10 Å². The molecule has 0 bridgehead atoms. The lowest BCUT2D eigenvalue weighted by Crippen LogP contribution is -2.55. The molecule has 0 saturated heterocycles. The van der Waals surface area contributed by atoms with Gasteiger partial charge in [-0.05, 0) is 42.7 Å². The minimum Gasteiger partial charge on any atom is -0.490 e. The Hall–Kier alpha value is -3.00. The molecule has 2 aromatic rings. The summed E-state index contributed by atoms with van der Waals surface area (Å²) in [5.41, 5.74) is 6.32.